The van der Waals surface area contributed by atoms with Crippen molar-refractivity contribution in [3.8, 4) is 11.5 Å². The summed E-state index contributed by atoms with van der Waals surface area (Å²) in [5, 5.41) is 4.48. The lowest BCUT2D eigenvalue weighted by Crippen LogP contribution is -1.98. The van der Waals surface area contributed by atoms with E-state index in [2.05, 4.69) is 9.97 Å². The number of hydrogen-bond acceptors (Lipinski definition) is 5. The fourth-order valence-corrected chi connectivity index (χ4v) is 2.82. The summed E-state index contributed by atoms with van der Waals surface area (Å²) in [6, 6.07) is 5.42. The Bertz CT molecular complexity index is 788. The first kappa shape index (κ1) is 14.1. The van der Waals surface area contributed by atoms with Crippen molar-refractivity contribution < 1.29 is 9.47 Å². The second-order valence-electron chi connectivity index (χ2n) is 4.46. The van der Waals surface area contributed by atoms with Crippen molar-refractivity contribution in [1.82, 2.24) is 9.97 Å². The topological polar surface area (TPSA) is 44.2 Å². The van der Waals surface area contributed by atoms with Gasteiger partial charge in [-0.05, 0) is 19.1 Å². The Morgan fingerprint density at radius 1 is 1.29 bits per heavy atom. The smallest absolute Gasteiger partial charge is 0.163 e. The predicted molar refractivity (Wildman–Crippen MR) is 84.5 cm³/mol. The lowest BCUT2D eigenvalue weighted by Gasteiger charge is -2.11. The van der Waals surface area contributed by atoms with Crippen molar-refractivity contribution in [1.29, 1.82) is 0 Å². The molecule has 4 nitrogen and oxygen atoms in total. The Labute approximate surface area is 131 Å². The van der Waals surface area contributed by atoms with Crippen LogP contribution in [0, 0.1) is 6.92 Å². The molecule has 0 radical (unpaired) electrons. The molecule has 0 fully saturated rings. The van der Waals surface area contributed by atoms with Crippen LogP contribution in [0.3, 0.4) is 0 Å². The maximum Gasteiger partial charge on any atom is 0.163 e. The summed E-state index contributed by atoms with van der Waals surface area (Å²) in [7, 11) is 1.60. The summed E-state index contributed by atoms with van der Waals surface area (Å²) in [6.45, 7) is 2.36. The number of aromatic nitrogens is 2. The lowest BCUT2D eigenvalue weighted by molar-refractivity contribution is 0.282. The largest absolute Gasteiger partial charge is 0.493 e. The van der Waals surface area contributed by atoms with Gasteiger partial charge in [-0.3, -0.25) is 4.98 Å². The molecule has 0 saturated carbocycles. The number of nitrogens with zero attached hydrogens (tertiary/aromatic N) is 2. The molecule has 1 aromatic carbocycles. The van der Waals surface area contributed by atoms with E-state index in [1.54, 1.807) is 30.7 Å². The summed E-state index contributed by atoms with van der Waals surface area (Å²) < 4.78 is 11.2. The molecule has 0 unspecified atom stereocenters. The molecule has 2 aromatic heterocycles. The summed E-state index contributed by atoms with van der Waals surface area (Å²) in [5.41, 5.74) is 1.67. The maximum absolute atomic E-state index is 6.17. The molecule has 0 aliphatic heterocycles. The number of halogens is 1. The highest BCUT2D eigenvalue weighted by Gasteiger charge is 2.10. The number of fused-ring (bicyclic) bond motifs is 1. The van der Waals surface area contributed by atoms with E-state index >= 15 is 0 Å². The molecular formula is C15H13ClN2O2S. The zero-order valence-electron chi connectivity index (χ0n) is 11.6. The molecule has 3 rings (SSSR count). The number of methoxy groups -OCH3 is 1. The number of ether oxygens (including phenoxy) is 2. The minimum Gasteiger partial charge on any atom is -0.493 e. The fourth-order valence-electron chi connectivity index (χ4n) is 2.02. The van der Waals surface area contributed by atoms with Crippen molar-refractivity contribution >= 4 is 33.8 Å². The van der Waals surface area contributed by atoms with Gasteiger partial charge in [0.25, 0.3) is 0 Å². The third-order valence-electron chi connectivity index (χ3n) is 3.02. The van der Waals surface area contributed by atoms with Gasteiger partial charge in [-0.15, -0.1) is 11.3 Å². The molecule has 2 heterocycles. The number of thiazole rings is 1. The Morgan fingerprint density at radius 3 is 2.86 bits per heavy atom. The van der Waals surface area contributed by atoms with E-state index < -0.39 is 0 Å². The van der Waals surface area contributed by atoms with Crippen LogP contribution in [0.5, 0.6) is 11.5 Å². The Kier molecular flexibility index (Phi) is 3.94. The molecule has 0 bridgehead atoms. The van der Waals surface area contributed by atoms with Gasteiger partial charge in [0, 0.05) is 23.0 Å². The van der Waals surface area contributed by atoms with Gasteiger partial charge in [0.05, 0.1) is 28.4 Å². The van der Waals surface area contributed by atoms with E-state index in [0.717, 1.165) is 21.6 Å². The minimum absolute atomic E-state index is 0.396. The van der Waals surface area contributed by atoms with Crippen LogP contribution in [0.25, 0.3) is 10.9 Å². The van der Waals surface area contributed by atoms with Gasteiger partial charge in [-0.2, -0.15) is 0 Å². The minimum atomic E-state index is 0.396. The molecule has 0 amide bonds. The highest BCUT2D eigenvalue weighted by Crippen LogP contribution is 2.34. The number of rotatable bonds is 4. The van der Waals surface area contributed by atoms with Gasteiger partial charge in [0.2, 0.25) is 0 Å². The van der Waals surface area contributed by atoms with Crippen molar-refractivity contribution in [3.05, 3.63) is 45.5 Å². The van der Waals surface area contributed by atoms with Crippen LogP contribution in [-0.4, -0.2) is 17.1 Å². The van der Waals surface area contributed by atoms with E-state index in [1.165, 1.54) is 0 Å². The molecule has 0 aliphatic rings. The SMILES string of the molecule is COc1cc2c(Cl)ccnc2cc1OCc1csc(C)n1. The van der Waals surface area contributed by atoms with Crippen LogP contribution in [0.2, 0.25) is 5.02 Å². The molecule has 0 atom stereocenters. The van der Waals surface area contributed by atoms with Crippen LogP contribution in [-0.2, 0) is 6.61 Å². The van der Waals surface area contributed by atoms with Gasteiger partial charge in [0.1, 0.15) is 6.61 Å². The van der Waals surface area contributed by atoms with Gasteiger partial charge in [-0.25, -0.2) is 4.98 Å². The summed E-state index contributed by atoms with van der Waals surface area (Å²) in [4.78, 5) is 8.68. The summed E-state index contributed by atoms with van der Waals surface area (Å²) >= 11 is 7.77. The molecule has 21 heavy (non-hydrogen) atoms. The first-order valence-corrected chi connectivity index (χ1v) is 7.59. The monoisotopic (exact) mass is 320 g/mol. The van der Waals surface area contributed by atoms with Crippen LogP contribution < -0.4 is 9.47 Å². The third-order valence-corrected chi connectivity index (χ3v) is 4.17. The van der Waals surface area contributed by atoms with E-state index in [4.69, 9.17) is 21.1 Å². The van der Waals surface area contributed by atoms with Crippen LogP contribution in [0.15, 0.2) is 29.8 Å². The van der Waals surface area contributed by atoms with Crippen LogP contribution in [0.1, 0.15) is 10.7 Å². The van der Waals surface area contributed by atoms with E-state index in [0.29, 0.717) is 23.1 Å². The van der Waals surface area contributed by atoms with Gasteiger partial charge in [-0.1, -0.05) is 11.6 Å². The Morgan fingerprint density at radius 2 is 2.14 bits per heavy atom. The first-order valence-electron chi connectivity index (χ1n) is 6.33. The number of hydrogen-bond donors (Lipinski definition) is 0. The lowest BCUT2D eigenvalue weighted by atomic mass is 10.2. The maximum atomic E-state index is 6.17. The van der Waals surface area contributed by atoms with Gasteiger partial charge < -0.3 is 9.47 Å². The van der Waals surface area contributed by atoms with E-state index in [9.17, 15) is 0 Å². The van der Waals surface area contributed by atoms with Gasteiger partial charge >= 0.3 is 0 Å². The first-order chi connectivity index (χ1) is 10.2. The predicted octanol–water partition coefficient (Wildman–Crippen LogP) is 4.24. The Hall–Kier alpha value is -1.85. The van der Waals surface area contributed by atoms with E-state index in [1.807, 2.05) is 24.4 Å². The molecule has 108 valence electrons. The van der Waals surface area contributed by atoms with Crippen LogP contribution >= 0.6 is 22.9 Å². The van der Waals surface area contributed by atoms with Crippen LogP contribution in [0.4, 0.5) is 0 Å². The Balaban J connectivity index is 1.93. The third kappa shape index (κ3) is 2.94. The standard InChI is InChI=1S/C15H13ClN2O2S/c1-9-18-10(8-21-9)7-20-15-6-13-11(5-14(15)19-2)12(16)3-4-17-13/h3-6,8H,7H2,1-2H3. The number of pyridine rings is 1. The van der Waals surface area contributed by atoms with Crippen molar-refractivity contribution in [2.45, 2.75) is 13.5 Å². The zero-order chi connectivity index (χ0) is 14.8. The quantitative estimate of drug-likeness (QED) is 0.721. The molecule has 3 aromatic rings. The second-order valence-corrected chi connectivity index (χ2v) is 5.93. The molecule has 0 spiro atoms. The van der Waals surface area contributed by atoms with Crippen molar-refractivity contribution in [2.24, 2.45) is 0 Å². The summed E-state index contributed by atoms with van der Waals surface area (Å²) in [6.07, 6.45) is 1.67. The second kappa shape index (κ2) is 5.87. The average molecular weight is 321 g/mol. The van der Waals surface area contributed by atoms with Gasteiger partial charge in [0.15, 0.2) is 11.5 Å². The fraction of sp³-hybridized carbons (Fsp3) is 0.200. The molecule has 0 N–H and O–H groups in total. The molecule has 0 aliphatic carbocycles. The highest BCUT2D eigenvalue weighted by atomic mass is 35.5. The highest BCUT2D eigenvalue weighted by molar-refractivity contribution is 7.09. The zero-order valence-corrected chi connectivity index (χ0v) is 13.2. The van der Waals surface area contributed by atoms with E-state index in [-0.39, 0.29) is 0 Å². The number of aryl methyl sites for hydroxylation is 1. The van der Waals surface area contributed by atoms with Crippen molar-refractivity contribution in [2.75, 3.05) is 7.11 Å². The molecule has 0 saturated heterocycles. The normalized spacial score (nSPS) is 10.8. The summed E-state index contributed by atoms with van der Waals surface area (Å²) in [5.74, 6) is 1.26. The molecule has 6 heteroatoms. The molecular weight excluding hydrogens is 308 g/mol. The van der Waals surface area contributed by atoms with Crippen molar-refractivity contribution in [3.63, 3.8) is 0 Å². The average Bonchev–Trinajstić information content (AvgIpc) is 2.90. The number of benzene rings is 1.